The van der Waals surface area contributed by atoms with Gasteiger partial charge in [0.1, 0.15) is 17.0 Å². The highest BCUT2D eigenvalue weighted by molar-refractivity contribution is 7.25. The number of aryl methyl sites for hydroxylation is 1. The van der Waals surface area contributed by atoms with Crippen LogP contribution < -0.4 is 16.6 Å². The number of nitrogens with one attached hydrogen (secondary N) is 1. The van der Waals surface area contributed by atoms with Crippen LogP contribution in [0.15, 0.2) is 80.9 Å². The quantitative estimate of drug-likeness (QED) is 0.420. The van der Waals surface area contributed by atoms with Gasteiger partial charge >= 0.3 is 5.69 Å². The average molecular weight is 460 g/mol. The number of amides is 1. The summed E-state index contributed by atoms with van der Waals surface area (Å²) >= 11 is 1.32. The SMILES string of the molecule is Cc1ccc(CNC(=O)Cn2c(=O)n(Cc3ccco3)c(=O)c3sc4ccccc4c32)cc1. The summed E-state index contributed by atoms with van der Waals surface area (Å²) in [5.41, 5.74) is 1.67. The van der Waals surface area contributed by atoms with Crippen molar-refractivity contribution in [1.29, 1.82) is 0 Å². The summed E-state index contributed by atoms with van der Waals surface area (Å²) in [4.78, 5) is 39.5. The molecule has 5 rings (SSSR count). The van der Waals surface area contributed by atoms with Gasteiger partial charge in [0, 0.05) is 16.6 Å². The van der Waals surface area contributed by atoms with Crippen LogP contribution in [-0.2, 0) is 24.4 Å². The first kappa shape index (κ1) is 21.0. The third-order valence-corrected chi connectivity index (χ3v) is 6.69. The monoisotopic (exact) mass is 459 g/mol. The van der Waals surface area contributed by atoms with Gasteiger partial charge in [-0.2, -0.15) is 0 Å². The molecular weight excluding hydrogens is 438 g/mol. The second-order valence-corrected chi connectivity index (χ2v) is 8.93. The minimum atomic E-state index is -0.544. The van der Waals surface area contributed by atoms with Crippen molar-refractivity contribution in [2.45, 2.75) is 26.6 Å². The minimum Gasteiger partial charge on any atom is -0.467 e. The normalized spacial score (nSPS) is 11.3. The Morgan fingerprint density at radius 2 is 1.79 bits per heavy atom. The van der Waals surface area contributed by atoms with Crippen molar-refractivity contribution in [3.63, 3.8) is 0 Å². The lowest BCUT2D eigenvalue weighted by atomic mass is 10.1. The van der Waals surface area contributed by atoms with Crippen LogP contribution in [0.3, 0.4) is 0 Å². The maximum Gasteiger partial charge on any atom is 0.332 e. The van der Waals surface area contributed by atoms with Crippen molar-refractivity contribution in [3.05, 3.63) is 105 Å². The molecule has 33 heavy (non-hydrogen) atoms. The summed E-state index contributed by atoms with van der Waals surface area (Å²) < 4.78 is 9.19. The van der Waals surface area contributed by atoms with Crippen molar-refractivity contribution >= 4 is 37.5 Å². The first-order chi connectivity index (χ1) is 16.0. The van der Waals surface area contributed by atoms with Crippen molar-refractivity contribution < 1.29 is 9.21 Å². The van der Waals surface area contributed by atoms with Gasteiger partial charge in [-0.3, -0.25) is 18.7 Å². The molecular formula is C25H21N3O4S. The zero-order valence-corrected chi connectivity index (χ0v) is 18.7. The number of fused-ring (bicyclic) bond motifs is 3. The van der Waals surface area contributed by atoms with Crippen LogP contribution >= 0.6 is 11.3 Å². The van der Waals surface area contributed by atoms with Crippen LogP contribution in [-0.4, -0.2) is 15.0 Å². The lowest BCUT2D eigenvalue weighted by Crippen LogP contribution is -2.42. The molecule has 166 valence electrons. The largest absolute Gasteiger partial charge is 0.467 e. The number of benzene rings is 2. The predicted molar refractivity (Wildman–Crippen MR) is 129 cm³/mol. The fraction of sp³-hybridized carbons (Fsp3) is 0.160. The van der Waals surface area contributed by atoms with E-state index in [-0.39, 0.29) is 24.6 Å². The fourth-order valence-electron chi connectivity index (χ4n) is 3.85. The molecule has 0 aliphatic carbocycles. The summed E-state index contributed by atoms with van der Waals surface area (Å²) in [6.07, 6.45) is 1.50. The Balaban J connectivity index is 1.57. The average Bonchev–Trinajstić information content (AvgIpc) is 3.47. The Hall–Kier alpha value is -3.91. The molecule has 3 aromatic heterocycles. The molecule has 2 aromatic carbocycles. The molecule has 0 bridgehead atoms. The number of carbonyl (C=O) groups is 1. The molecule has 0 atom stereocenters. The fourth-order valence-corrected chi connectivity index (χ4v) is 5.00. The Morgan fingerprint density at radius 1 is 1.00 bits per heavy atom. The van der Waals surface area contributed by atoms with Gasteiger partial charge in [-0.15, -0.1) is 11.3 Å². The van der Waals surface area contributed by atoms with E-state index in [0.717, 1.165) is 25.8 Å². The highest BCUT2D eigenvalue weighted by Crippen LogP contribution is 2.30. The van der Waals surface area contributed by atoms with E-state index in [1.807, 2.05) is 55.5 Å². The van der Waals surface area contributed by atoms with Gasteiger partial charge in [0.25, 0.3) is 5.56 Å². The van der Waals surface area contributed by atoms with Crippen LogP contribution in [0.2, 0.25) is 0 Å². The maximum atomic E-state index is 13.4. The number of thiophene rings is 1. The molecule has 0 aliphatic rings. The Morgan fingerprint density at radius 3 is 2.55 bits per heavy atom. The Labute approximate surface area is 192 Å². The molecule has 0 fully saturated rings. The summed E-state index contributed by atoms with van der Waals surface area (Å²) in [5.74, 6) is 0.183. The highest BCUT2D eigenvalue weighted by atomic mass is 32.1. The first-order valence-corrected chi connectivity index (χ1v) is 11.3. The number of aromatic nitrogens is 2. The van der Waals surface area contributed by atoms with Crippen LogP contribution in [0.5, 0.6) is 0 Å². The standard InChI is InChI=1S/C25H21N3O4S/c1-16-8-10-17(11-9-16)13-26-21(29)15-27-22-19-6-2-3-7-20(19)33-23(22)24(30)28(25(27)31)14-18-5-4-12-32-18/h2-12H,13-15H2,1H3,(H,26,29). The van der Waals surface area contributed by atoms with Crippen LogP contribution in [0.25, 0.3) is 20.3 Å². The van der Waals surface area contributed by atoms with Gasteiger partial charge in [0.15, 0.2) is 0 Å². The van der Waals surface area contributed by atoms with E-state index >= 15 is 0 Å². The third-order valence-electron chi connectivity index (χ3n) is 5.55. The van der Waals surface area contributed by atoms with Gasteiger partial charge in [-0.05, 0) is 30.7 Å². The maximum absolute atomic E-state index is 13.4. The Kier molecular flexibility index (Phi) is 5.43. The zero-order chi connectivity index (χ0) is 22.9. The molecule has 0 unspecified atom stereocenters. The van der Waals surface area contributed by atoms with Crippen LogP contribution in [0.1, 0.15) is 16.9 Å². The number of furan rings is 1. The topological polar surface area (TPSA) is 86.2 Å². The van der Waals surface area contributed by atoms with Gasteiger partial charge in [-0.1, -0.05) is 48.0 Å². The molecule has 3 heterocycles. The van der Waals surface area contributed by atoms with Crippen LogP contribution in [0, 0.1) is 6.92 Å². The molecule has 7 nitrogen and oxygen atoms in total. The van der Waals surface area contributed by atoms with E-state index in [4.69, 9.17) is 4.42 Å². The van der Waals surface area contributed by atoms with Gasteiger partial charge in [0.05, 0.1) is 18.3 Å². The van der Waals surface area contributed by atoms with Crippen molar-refractivity contribution in [3.8, 4) is 0 Å². The van der Waals surface area contributed by atoms with Gasteiger partial charge < -0.3 is 9.73 Å². The Bertz CT molecular complexity index is 1570. The molecule has 1 amide bonds. The first-order valence-electron chi connectivity index (χ1n) is 10.5. The van der Waals surface area contributed by atoms with E-state index < -0.39 is 5.69 Å². The van der Waals surface area contributed by atoms with E-state index in [0.29, 0.717) is 22.5 Å². The molecule has 0 saturated carbocycles. The molecule has 0 radical (unpaired) electrons. The lowest BCUT2D eigenvalue weighted by molar-refractivity contribution is -0.121. The third kappa shape index (κ3) is 4.01. The van der Waals surface area contributed by atoms with E-state index in [9.17, 15) is 14.4 Å². The molecule has 0 spiro atoms. The van der Waals surface area contributed by atoms with E-state index in [1.54, 1.807) is 12.1 Å². The smallest absolute Gasteiger partial charge is 0.332 e. The molecule has 1 N–H and O–H groups in total. The summed E-state index contributed by atoms with van der Waals surface area (Å²) in [5, 5.41) is 3.66. The lowest BCUT2D eigenvalue weighted by Gasteiger charge is -2.12. The molecule has 0 aliphatic heterocycles. The van der Waals surface area contributed by atoms with Crippen molar-refractivity contribution in [2.24, 2.45) is 0 Å². The van der Waals surface area contributed by atoms with Gasteiger partial charge in [0.2, 0.25) is 5.91 Å². The summed E-state index contributed by atoms with van der Waals surface area (Å²) in [6, 6.07) is 18.8. The van der Waals surface area contributed by atoms with Crippen molar-refractivity contribution in [2.75, 3.05) is 0 Å². The summed E-state index contributed by atoms with van der Waals surface area (Å²) in [6.45, 7) is 2.16. The number of hydrogen-bond acceptors (Lipinski definition) is 5. The number of carbonyl (C=O) groups excluding carboxylic acids is 1. The predicted octanol–water partition coefficient (Wildman–Crippen LogP) is 3.64. The van der Waals surface area contributed by atoms with E-state index in [1.165, 1.54) is 22.2 Å². The number of rotatable bonds is 6. The van der Waals surface area contributed by atoms with Crippen molar-refractivity contribution in [1.82, 2.24) is 14.5 Å². The summed E-state index contributed by atoms with van der Waals surface area (Å²) in [7, 11) is 0. The molecule has 8 heteroatoms. The number of hydrogen-bond donors (Lipinski definition) is 1. The molecule has 0 saturated heterocycles. The zero-order valence-electron chi connectivity index (χ0n) is 17.9. The van der Waals surface area contributed by atoms with E-state index in [2.05, 4.69) is 5.32 Å². The van der Waals surface area contributed by atoms with Crippen LogP contribution in [0.4, 0.5) is 0 Å². The second-order valence-electron chi connectivity index (χ2n) is 7.88. The number of nitrogens with zero attached hydrogens (tertiary/aromatic N) is 2. The second kappa shape index (κ2) is 8.55. The highest BCUT2D eigenvalue weighted by Gasteiger charge is 2.20. The minimum absolute atomic E-state index is 0.000161. The molecule has 5 aromatic rings. The van der Waals surface area contributed by atoms with Gasteiger partial charge in [-0.25, -0.2) is 4.79 Å².